The molecule has 1 amide bonds. The quantitative estimate of drug-likeness (QED) is 0.381. The third-order valence-corrected chi connectivity index (χ3v) is 6.26. The van der Waals surface area contributed by atoms with E-state index in [1.807, 2.05) is 13.0 Å². The normalized spacial score (nSPS) is 11.5. The average molecular weight is 485 g/mol. The molecule has 0 atom stereocenters. The fourth-order valence-corrected chi connectivity index (χ4v) is 4.48. The van der Waals surface area contributed by atoms with E-state index in [1.54, 1.807) is 6.07 Å². The molecule has 1 N–H and O–H groups in total. The van der Waals surface area contributed by atoms with Gasteiger partial charge in [-0.05, 0) is 37.3 Å². The fraction of sp³-hybridized carbons (Fsp3) is 0.333. The van der Waals surface area contributed by atoms with Gasteiger partial charge in [-0.1, -0.05) is 11.3 Å². The van der Waals surface area contributed by atoms with E-state index in [-0.39, 0.29) is 48.1 Å². The van der Waals surface area contributed by atoms with Crippen molar-refractivity contribution in [1.29, 1.82) is 0 Å². The van der Waals surface area contributed by atoms with E-state index < -0.39 is 18.7 Å². The number of nitrogens with one attached hydrogen (secondary N) is 1. The highest BCUT2D eigenvalue weighted by molar-refractivity contribution is 7.22. The van der Waals surface area contributed by atoms with Crippen LogP contribution in [0.2, 0.25) is 0 Å². The van der Waals surface area contributed by atoms with Crippen LogP contribution in [-0.2, 0) is 9.59 Å². The van der Waals surface area contributed by atoms with Gasteiger partial charge in [0.2, 0.25) is 5.91 Å². The van der Waals surface area contributed by atoms with Crippen molar-refractivity contribution in [1.82, 2.24) is 4.98 Å². The number of hydrogen-bond acceptors (Lipinski definition) is 7. The number of Topliss-reactive ketones (excluding diaryl/α,β-unsaturated/α-hetero) is 2. The van der Waals surface area contributed by atoms with Crippen LogP contribution in [0.5, 0.6) is 5.75 Å². The van der Waals surface area contributed by atoms with Gasteiger partial charge in [-0.25, -0.2) is 4.98 Å². The van der Waals surface area contributed by atoms with Crippen molar-refractivity contribution in [2.24, 2.45) is 0 Å². The summed E-state index contributed by atoms with van der Waals surface area (Å²) in [4.78, 5) is 42.0. The molecule has 2 aromatic heterocycles. The highest BCUT2D eigenvalue weighted by Crippen LogP contribution is 2.30. The Morgan fingerprint density at radius 3 is 2.47 bits per heavy atom. The molecule has 0 aliphatic carbocycles. The SMILES string of the molecule is Cc1ccc(C(=O)CCC(=O)CCC(=O)Nc2nc3ccc(OCC(F)(F)F)cc3s2)s1. The number of alkyl halides is 3. The number of halogens is 3. The highest BCUT2D eigenvalue weighted by Gasteiger charge is 2.28. The summed E-state index contributed by atoms with van der Waals surface area (Å²) in [6, 6.07) is 7.88. The number of aryl methyl sites for hydroxylation is 1. The lowest BCUT2D eigenvalue weighted by Crippen LogP contribution is -2.19. The highest BCUT2D eigenvalue weighted by atomic mass is 32.1. The van der Waals surface area contributed by atoms with Crippen LogP contribution < -0.4 is 10.1 Å². The third-order valence-electron chi connectivity index (χ3n) is 4.29. The van der Waals surface area contributed by atoms with Crippen LogP contribution in [0.1, 0.15) is 40.2 Å². The van der Waals surface area contributed by atoms with E-state index >= 15 is 0 Å². The minimum absolute atomic E-state index is 0.00288. The summed E-state index contributed by atoms with van der Waals surface area (Å²) < 4.78 is 42.1. The summed E-state index contributed by atoms with van der Waals surface area (Å²) in [5, 5.41) is 2.86. The van der Waals surface area contributed by atoms with Crippen LogP contribution in [0.4, 0.5) is 18.3 Å². The van der Waals surface area contributed by atoms with Gasteiger partial charge in [-0.2, -0.15) is 13.2 Å². The molecular formula is C21H19F3N2O4S2. The van der Waals surface area contributed by atoms with E-state index in [9.17, 15) is 27.6 Å². The van der Waals surface area contributed by atoms with Crippen molar-refractivity contribution in [2.75, 3.05) is 11.9 Å². The Hall–Kier alpha value is -2.79. The van der Waals surface area contributed by atoms with Crippen LogP contribution in [0.3, 0.4) is 0 Å². The number of hydrogen-bond donors (Lipinski definition) is 1. The van der Waals surface area contributed by atoms with Gasteiger partial charge in [-0.3, -0.25) is 14.4 Å². The van der Waals surface area contributed by atoms with Crippen molar-refractivity contribution in [2.45, 2.75) is 38.8 Å². The first-order valence-corrected chi connectivity index (χ1v) is 11.2. The number of amides is 1. The van der Waals surface area contributed by atoms with Crippen LogP contribution in [0.25, 0.3) is 10.2 Å². The van der Waals surface area contributed by atoms with Crippen LogP contribution in [0, 0.1) is 6.92 Å². The van der Waals surface area contributed by atoms with Gasteiger partial charge in [0.1, 0.15) is 11.5 Å². The molecule has 2 heterocycles. The van der Waals surface area contributed by atoms with E-state index in [2.05, 4.69) is 10.3 Å². The maximum Gasteiger partial charge on any atom is 0.422 e. The number of benzene rings is 1. The summed E-state index contributed by atoms with van der Waals surface area (Å²) in [6.45, 7) is 0.505. The number of aromatic nitrogens is 1. The number of anilines is 1. The molecule has 0 aliphatic rings. The number of nitrogens with zero attached hydrogens (tertiary/aromatic N) is 1. The molecule has 0 unspecified atom stereocenters. The minimum Gasteiger partial charge on any atom is -0.484 e. The summed E-state index contributed by atoms with van der Waals surface area (Å²) in [7, 11) is 0. The molecule has 0 aliphatic heterocycles. The zero-order valence-corrected chi connectivity index (χ0v) is 18.6. The molecule has 170 valence electrons. The predicted octanol–water partition coefficient (Wildman–Crippen LogP) is 5.56. The lowest BCUT2D eigenvalue weighted by Gasteiger charge is -2.08. The van der Waals surface area contributed by atoms with Gasteiger partial charge in [0, 0.05) is 30.6 Å². The molecule has 3 rings (SSSR count). The second-order valence-electron chi connectivity index (χ2n) is 6.97. The molecular weight excluding hydrogens is 465 g/mol. The summed E-state index contributed by atoms with van der Waals surface area (Å²) >= 11 is 2.47. The Morgan fingerprint density at radius 2 is 1.78 bits per heavy atom. The molecule has 0 spiro atoms. The Morgan fingerprint density at radius 1 is 1.03 bits per heavy atom. The summed E-state index contributed by atoms with van der Waals surface area (Å²) in [5.74, 6) is -0.633. The Bertz CT molecular complexity index is 1140. The largest absolute Gasteiger partial charge is 0.484 e. The van der Waals surface area contributed by atoms with Crippen molar-refractivity contribution in [3.05, 3.63) is 40.1 Å². The fourth-order valence-electron chi connectivity index (χ4n) is 2.73. The molecule has 11 heteroatoms. The molecule has 0 radical (unpaired) electrons. The number of rotatable bonds is 10. The summed E-state index contributed by atoms with van der Waals surface area (Å²) in [6.07, 6.45) is -4.30. The van der Waals surface area contributed by atoms with Gasteiger partial charge in [-0.15, -0.1) is 11.3 Å². The first kappa shape index (κ1) is 23.9. The van der Waals surface area contributed by atoms with Crippen LogP contribution >= 0.6 is 22.7 Å². The Kier molecular flexibility index (Phi) is 7.62. The average Bonchev–Trinajstić information content (AvgIpc) is 3.33. The first-order chi connectivity index (χ1) is 15.1. The topological polar surface area (TPSA) is 85.4 Å². The second kappa shape index (κ2) is 10.2. The minimum atomic E-state index is -4.44. The van der Waals surface area contributed by atoms with Gasteiger partial charge >= 0.3 is 6.18 Å². The van der Waals surface area contributed by atoms with Crippen LogP contribution in [-0.4, -0.2) is 35.2 Å². The van der Waals surface area contributed by atoms with Crippen molar-refractivity contribution in [3.8, 4) is 5.75 Å². The monoisotopic (exact) mass is 484 g/mol. The lowest BCUT2D eigenvalue weighted by atomic mass is 10.1. The lowest BCUT2D eigenvalue weighted by molar-refractivity contribution is -0.153. The number of thiazole rings is 1. The number of fused-ring (bicyclic) bond motifs is 1. The molecule has 0 saturated carbocycles. The van der Waals surface area contributed by atoms with Crippen LogP contribution in [0.15, 0.2) is 30.3 Å². The molecule has 0 bridgehead atoms. The van der Waals surface area contributed by atoms with Gasteiger partial charge < -0.3 is 10.1 Å². The second-order valence-corrected chi connectivity index (χ2v) is 9.29. The zero-order chi connectivity index (χ0) is 23.3. The maximum atomic E-state index is 12.3. The van der Waals surface area contributed by atoms with Crippen molar-refractivity contribution in [3.63, 3.8) is 0 Å². The zero-order valence-electron chi connectivity index (χ0n) is 17.0. The predicted molar refractivity (Wildman–Crippen MR) is 117 cm³/mol. The van der Waals surface area contributed by atoms with Crippen molar-refractivity contribution >= 4 is 55.5 Å². The molecule has 3 aromatic rings. The molecule has 32 heavy (non-hydrogen) atoms. The number of carbonyl (C=O) groups is 3. The number of ketones is 2. The number of carbonyl (C=O) groups excluding carboxylic acids is 3. The van der Waals surface area contributed by atoms with Gasteiger partial charge in [0.05, 0.1) is 15.1 Å². The summed E-state index contributed by atoms with van der Waals surface area (Å²) in [5.41, 5.74) is 0.503. The van der Waals surface area contributed by atoms with E-state index in [4.69, 9.17) is 4.74 Å². The first-order valence-electron chi connectivity index (χ1n) is 9.60. The van der Waals surface area contributed by atoms with Gasteiger partial charge in [0.15, 0.2) is 17.5 Å². The number of thiophene rings is 1. The third kappa shape index (κ3) is 7.13. The Labute approximate surface area is 189 Å². The molecule has 0 fully saturated rings. The maximum absolute atomic E-state index is 12.3. The molecule has 0 saturated heterocycles. The smallest absolute Gasteiger partial charge is 0.422 e. The van der Waals surface area contributed by atoms with E-state index in [0.29, 0.717) is 15.1 Å². The van der Waals surface area contributed by atoms with E-state index in [1.165, 1.54) is 29.5 Å². The standard InChI is InChI=1S/C21H19F3N2O4S2/c1-12-2-8-17(31-12)16(28)7-3-13(27)4-9-19(29)26-20-25-15-6-5-14(10-18(15)32-20)30-11-21(22,23)24/h2,5-6,8,10H,3-4,7,9,11H2,1H3,(H,25,26,29). The Balaban J connectivity index is 1.45. The van der Waals surface area contributed by atoms with Crippen molar-refractivity contribution < 1.29 is 32.3 Å². The molecule has 1 aromatic carbocycles. The van der Waals surface area contributed by atoms with Gasteiger partial charge in [0.25, 0.3) is 0 Å². The van der Waals surface area contributed by atoms with E-state index in [0.717, 1.165) is 16.2 Å². The number of ether oxygens (including phenoxy) is 1. The molecule has 6 nitrogen and oxygen atoms in total.